The lowest BCUT2D eigenvalue weighted by Crippen LogP contribution is -2.43. The molecule has 2 fully saturated rings. The molecule has 0 spiro atoms. The maximum absolute atomic E-state index is 11.4. The number of amides is 2. The van der Waals surface area contributed by atoms with Crippen LogP contribution in [0.4, 0.5) is 0 Å². The van der Waals surface area contributed by atoms with Crippen LogP contribution in [-0.4, -0.2) is 29.9 Å². The van der Waals surface area contributed by atoms with E-state index in [0.29, 0.717) is 25.4 Å². The SMILES string of the molecule is NC1(C(=O)NCCCC(=O)NC2CC2)CC1. The van der Waals surface area contributed by atoms with Crippen LogP contribution in [0.1, 0.15) is 38.5 Å². The fourth-order valence-corrected chi connectivity index (χ4v) is 1.52. The van der Waals surface area contributed by atoms with Crippen molar-refractivity contribution in [2.75, 3.05) is 6.54 Å². The molecule has 0 unspecified atom stereocenters. The predicted octanol–water partition coefficient (Wildman–Crippen LogP) is -0.347. The highest BCUT2D eigenvalue weighted by molar-refractivity contribution is 5.88. The minimum absolute atomic E-state index is 0.0740. The van der Waals surface area contributed by atoms with Gasteiger partial charge in [-0.25, -0.2) is 0 Å². The minimum Gasteiger partial charge on any atom is -0.354 e. The Balaban J connectivity index is 1.51. The molecule has 0 heterocycles. The molecular formula is C11H19N3O2. The van der Waals surface area contributed by atoms with Crippen molar-refractivity contribution in [3.8, 4) is 0 Å². The van der Waals surface area contributed by atoms with Gasteiger partial charge in [-0.3, -0.25) is 9.59 Å². The van der Waals surface area contributed by atoms with Gasteiger partial charge in [-0.05, 0) is 32.1 Å². The minimum atomic E-state index is -0.601. The summed E-state index contributed by atoms with van der Waals surface area (Å²) in [4.78, 5) is 22.7. The Bertz CT molecular complexity index is 296. The van der Waals surface area contributed by atoms with Crippen LogP contribution in [-0.2, 0) is 9.59 Å². The van der Waals surface area contributed by atoms with Crippen LogP contribution >= 0.6 is 0 Å². The van der Waals surface area contributed by atoms with Crippen molar-refractivity contribution in [1.82, 2.24) is 10.6 Å². The van der Waals surface area contributed by atoms with E-state index in [4.69, 9.17) is 5.73 Å². The molecule has 0 saturated heterocycles. The lowest BCUT2D eigenvalue weighted by atomic mass is 10.2. The Kier molecular flexibility index (Phi) is 3.14. The normalized spacial score (nSPS) is 21.3. The van der Waals surface area contributed by atoms with Gasteiger partial charge in [0.1, 0.15) is 0 Å². The Hall–Kier alpha value is -1.10. The lowest BCUT2D eigenvalue weighted by Gasteiger charge is -2.09. The first-order valence-electron chi connectivity index (χ1n) is 5.97. The number of hydrogen-bond acceptors (Lipinski definition) is 3. The standard InChI is InChI=1S/C11H19N3O2/c12-11(5-6-11)10(16)13-7-1-2-9(15)14-8-3-4-8/h8H,1-7,12H2,(H,13,16)(H,14,15). The Morgan fingerprint density at radius 2 is 2.00 bits per heavy atom. The van der Waals surface area contributed by atoms with Crippen LogP contribution in [0.15, 0.2) is 0 Å². The van der Waals surface area contributed by atoms with Crippen molar-refractivity contribution in [3.63, 3.8) is 0 Å². The molecule has 2 aliphatic carbocycles. The summed E-state index contributed by atoms with van der Waals surface area (Å²) in [5.74, 6) is 0.0146. The second-order valence-electron chi connectivity index (χ2n) is 4.86. The van der Waals surface area contributed by atoms with Gasteiger partial charge in [0.2, 0.25) is 11.8 Å². The maximum Gasteiger partial charge on any atom is 0.240 e. The summed E-state index contributed by atoms with van der Waals surface area (Å²) in [7, 11) is 0. The number of nitrogens with one attached hydrogen (secondary N) is 2. The highest BCUT2D eigenvalue weighted by atomic mass is 16.2. The number of nitrogens with two attached hydrogens (primary N) is 1. The van der Waals surface area contributed by atoms with Gasteiger partial charge in [0.15, 0.2) is 0 Å². The summed E-state index contributed by atoms with van der Waals surface area (Å²) in [6.45, 7) is 0.538. The third kappa shape index (κ3) is 3.20. The van der Waals surface area contributed by atoms with Gasteiger partial charge in [-0.15, -0.1) is 0 Å². The summed E-state index contributed by atoms with van der Waals surface area (Å²) in [6, 6.07) is 0.417. The van der Waals surface area contributed by atoms with E-state index in [-0.39, 0.29) is 11.8 Å². The van der Waals surface area contributed by atoms with E-state index >= 15 is 0 Å². The molecule has 0 aliphatic heterocycles. The maximum atomic E-state index is 11.4. The molecule has 2 amide bonds. The fourth-order valence-electron chi connectivity index (χ4n) is 1.52. The third-order valence-electron chi connectivity index (χ3n) is 3.05. The van der Waals surface area contributed by atoms with E-state index in [1.165, 1.54) is 0 Å². The van der Waals surface area contributed by atoms with E-state index in [2.05, 4.69) is 10.6 Å². The van der Waals surface area contributed by atoms with Crippen LogP contribution < -0.4 is 16.4 Å². The van der Waals surface area contributed by atoms with Gasteiger partial charge in [0, 0.05) is 19.0 Å². The van der Waals surface area contributed by atoms with Gasteiger partial charge in [0.05, 0.1) is 5.54 Å². The number of hydrogen-bond donors (Lipinski definition) is 3. The molecule has 90 valence electrons. The van der Waals surface area contributed by atoms with Crippen LogP contribution in [0.5, 0.6) is 0 Å². The summed E-state index contributed by atoms with van der Waals surface area (Å²) in [5.41, 5.74) is 5.11. The number of carbonyl (C=O) groups is 2. The predicted molar refractivity (Wildman–Crippen MR) is 59.6 cm³/mol. The first-order chi connectivity index (χ1) is 7.60. The van der Waals surface area contributed by atoms with Crippen LogP contribution in [0, 0.1) is 0 Å². The van der Waals surface area contributed by atoms with Crippen LogP contribution in [0.3, 0.4) is 0 Å². The van der Waals surface area contributed by atoms with Crippen molar-refractivity contribution < 1.29 is 9.59 Å². The molecule has 0 aromatic heterocycles. The average Bonchev–Trinajstić information content (AvgIpc) is 3.12. The first kappa shape index (κ1) is 11.4. The zero-order valence-corrected chi connectivity index (χ0v) is 9.42. The van der Waals surface area contributed by atoms with E-state index in [9.17, 15) is 9.59 Å². The second-order valence-corrected chi connectivity index (χ2v) is 4.86. The molecule has 2 aliphatic rings. The monoisotopic (exact) mass is 225 g/mol. The van der Waals surface area contributed by atoms with Crippen molar-refractivity contribution >= 4 is 11.8 Å². The summed E-state index contributed by atoms with van der Waals surface area (Å²) >= 11 is 0. The highest BCUT2D eigenvalue weighted by Gasteiger charge is 2.45. The largest absolute Gasteiger partial charge is 0.354 e. The highest BCUT2D eigenvalue weighted by Crippen LogP contribution is 2.31. The smallest absolute Gasteiger partial charge is 0.240 e. The van der Waals surface area contributed by atoms with Gasteiger partial charge < -0.3 is 16.4 Å². The molecule has 5 nitrogen and oxygen atoms in total. The summed E-state index contributed by atoms with van der Waals surface area (Å²) in [5, 5.41) is 5.67. The van der Waals surface area contributed by atoms with Gasteiger partial charge >= 0.3 is 0 Å². The molecule has 16 heavy (non-hydrogen) atoms. The molecule has 4 N–H and O–H groups in total. The molecule has 5 heteroatoms. The molecule has 2 saturated carbocycles. The van der Waals surface area contributed by atoms with Gasteiger partial charge in [-0.2, -0.15) is 0 Å². The van der Waals surface area contributed by atoms with E-state index in [1.807, 2.05) is 0 Å². The first-order valence-corrected chi connectivity index (χ1v) is 5.97. The zero-order chi connectivity index (χ0) is 11.6. The van der Waals surface area contributed by atoms with E-state index < -0.39 is 5.54 Å². The van der Waals surface area contributed by atoms with E-state index in [1.54, 1.807) is 0 Å². The second kappa shape index (κ2) is 4.41. The molecule has 0 aromatic rings. The molecule has 2 rings (SSSR count). The third-order valence-corrected chi connectivity index (χ3v) is 3.05. The molecule has 0 atom stereocenters. The number of carbonyl (C=O) groups excluding carboxylic acids is 2. The Morgan fingerprint density at radius 3 is 2.56 bits per heavy atom. The number of rotatable bonds is 6. The Morgan fingerprint density at radius 1 is 1.31 bits per heavy atom. The quantitative estimate of drug-likeness (QED) is 0.540. The zero-order valence-electron chi connectivity index (χ0n) is 9.42. The van der Waals surface area contributed by atoms with E-state index in [0.717, 1.165) is 25.7 Å². The molecular weight excluding hydrogens is 206 g/mol. The Labute approximate surface area is 95.1 Å². The lowest BCUT2D eigenvalue weighted by molar-refractivity contribution is -0.124. The van der Waals surface area contributed by atoms with Crippen molar-refractivity contribution in [3.05, 3.63) is 0 Å². The van der Waals surface area contributed by atoms with Crippen LogP contribution in [0.25, 0.3) is 0 Å². The fraction of sp³-hybridized carbons (Fsp3) is 0.818. The average molecular weight is 225 g/mol. The van der Waals surface area contributed by atoms with Crippen molar-refractivity contribution in [2.24, 2.45) is 5.73 Å². The van der Waals surface area contributed by atoms with Crippen molar-refractivity contribution in [2.45, 2.75) is 50.1 Å². The summed E-state index contributed by atoms with van der Waals surface area (Å²) < 4.78 is 0. The van der Waals surface area contributed by atoms with Gasteiger partial charge in [0.25, 0.3) is 0 Å². The topological polar surface area (TPSA) is 84.2 Å². The van der Waals surface area contributed by atoms with Crippen molar-refractivity contribution in [1.29, 1.82) is 0 Å². The molecule has 0 aromatic carbocycles. The molecule has 0 radical (unpaired) electrons. The van der Waals surface area contributed by atoms with Gasteiger partial charge in [-0.1, -0.05) is 0 Å². The summed E-state index contributed by atoms with van der Waals surface area (Å²) in [6.07, 6.45) is 4.94. The molecule has 0 bridgehead atoms. The van der Waals surface area contributed by atoms with Crippen LogP contribution in [0.2, 0.25) is 0 Å².